The monoisotopic (exact) mass is 309 g/mol. The van der Waals surface area contributed by atoms with Crippen molar-refractivity contribution in [2.24, 2.45) is 0 Å². The zero-order valence-corrected chi connectivity index (χ0v) is 12.2. The Bertz CT molecular complexity index is 587. The number of ether oxygens (including phenoxy) is 1. The van der Waals surface area contributed by atoms with E-state index >= 15 is 0 Å². The summed E-state index contributed by atoms with van der Waals surface area (Å²) in [5.41, 5.74) is 0. The molecule has 1 aliphatic heterocycles. The van der Waals surface area contributed by atoms with Crippen LogP contribution in [0.1, 0.15) is 11.7 Å². The van der Waals surface area contributed by atoms with Crippen LogP contribution in [0.5, 0.6) is 0 Å². The Morgan fingerprint density at radius 2 is 2.29 bits per heavy atom. The van der Waals surface area contributed by atoms with E-state index in [9.17, 15) is 4.39 Å². The number of hydrogen-bond donors (Lipinski definition) is 1. The predicted molar refractivity (Wildman–Crippen MR) is 76.6 cm³/mol. The van der Waals surface area contributed by atoms with Gasteiger partial charge in [0, 0.05) is 18.0 Å². The fourth-order valence-corrected chi connectivity index (χ4v) is 2.86. The van der Waals surface area contributed by atoms with Crippen LogP contribution >= 0.6 is 11.8 Å². The molecule has 21 heavy (non-hydrogen) atoms. The largest absolute Gasteiger partial charge is 0.375 e. The van der Waals surface area contributed by atoms with Gasteiger partial charge in [-0.15, -0.1) is 11.8 Å². The highest BCUT2D eigenvalue weighted by atomic mass is 32.2. The molecule has 1 saturated heterocycles. The first kappa shape index (κ1) is 14.5. The van der Waals surface area contributed by atoms with Crippen molar-refractivity contribution < 1.29 is 13.7 Å². The Balaban J connectivity index is 1.54. The minimum absolute atomic E-state index is 0.0753. The van der Waals surface area contributed by atoms with Gasteiger partial charge in [-0.05, 0) is 12.1 Å². The van der Waals surface area contributed by atoms with Gasteiger partial charge in [-0.25, -0.2) is 4.39 Å². The molecule has 1 aliphatic rings. The maximum Gasteiger partial charge on any atom is 0.229 e. The van der Waals surface area contributed by atoms with E-state index in [1.807, 2.05) is 0 Å². The molecule has 0 aliphatic carbocycles. The van der Waals surface area contributed by atoms with E-state index in [1.54, 1.807) is 18.2 Å². The maximum absolute atomic E-state index is 13.5. The molecular weight excluding hydrogens is 293 g/mol. The lowest BCUT2D eigenvalue weighted by Gasteiger charge is -2.21. The molecule has 0 amide bonds. The molecule has 1 N–H and O–H groups in total. The molecule has 0 radical (unpaired) electrons. The molecule has 112 valence electrons. The normalized spacial score (nSPS) is 18.8. The second kappa shape index (κ2) is 7.02. The molecule has 1 aromatic carbocycles. The molecule has 1 fully saturated rings. The third-order valence-electron chi connectivity index (χ3n) is 3.11. The quantitative estimate of drug-likeness (QED) is 0.853. The van der Waals surface area contributed by atoms with Crippen LogP contribution in [0, 0.1) is 5.82 Å². The summed E-state index contributed by atoms with van der Waals surface area (Å²) >= 11 is 1.36. The van der Waals surface area contributed by atoms with E-state index in [4.69, 9.17) is 9.26 Å². The molecule has 0 bridgehead atoms. The minimum Gasteiger partial charge on any atom is -0.375 e. The molecule has 5 nitrogen and oxygen atoms in total. The zero-order valence-electron chi connectivity index (χ0n) is 11.4. The number of hydrogen-bond acceptors (Lipinski definition) is 6. The lowest BCUT2D eigenvalue weighted by atomic mass is 10.2. The Morgan fingerprint density at radius 1 is 1.38 bits per heavy atom. The van der Waals surface area contributed by atoms with Crippen molar-refractivity contribution in [3.63, 3.8) is 0 Å². The number of aromatic nitrogens is 2. The first-order valence-corrected chi connectivity index (χ1v) is 7.81. The highest BCUT2D eigenvalue weighted by Gasteiger charge is 2.18. The summed E-state index contributed by atoms with van der Waals surface area (Å²) in [6.07, 6.45) is 0.677. The Morgan fingerprint density at radius 3 is 3.10 bits per heavy atom. The summed E-state index contributed by atoms with van der Waals surface area (Å²) in [5.74, 6) is 1.39. The van der Waals surface area contributed by atoms with Crippen molar-refractivity contribution in [1.29, 1.82) is 0 Å². The van der Waals surface area contributed by atoms with Crippen LogP contribution < -0.4 is 5.32 Å². The molecule has 0 saturated carbocycles. The first-order chi connectivity index (χ1) is 10.3. The first-order valence-electron chi connectivity index (χ1n) is 6.82. The van der Waals surface area contributed by atoms with Crippen LogP contribution in [0.2, 0.25) is 0 Å². The summed E-state index contributed by atoms with van der Waals surface area (Å²) in [7, 11) is 0. The summed E-state index contributed by atoms with van der Waals surface area (Å²) in [5, 5.41) is 7.18. The van der Waals surface area contributed by atoms with Crippen molar-refractivity contribution in [3.05, 3.63) is 41.8 Å². The molecule has 1 aromatic heterocycles. The van der Waals surface area contributed by atoms with Gasteiger partial charge in [-0.2, -0.15) is 4.98 Å². The molecule has 7 heteroatoms. The van der Waals surface area contributed by atoms with Crippen molar-refractivity contribution in [2.75, 3.05) is 19.7 Å². The van der Waals surface area contributed by atoms with Crippen LogP contribution in [0.25, 0.3) is 0 Å². The third-order valence-corrected chi connectivity index (χ3v) is 4.15. The fraction of sp³-hybridized carbons (Fsp3) is 0.429. The summed E-state index contributed by atoms with van der Waals surface area (Å²) in [6.45, 7) is 2.38. The summed E-state index contributed by atoms with van der Waals surface area (Å²) in [4.78, 5) is 4.91. The highest BCUT2D eigenvalue weighted by molar-refractivity contribution is 7.98. The second-order valence-electron chi connectivity index (χ2n) is 4.72. The summed E-state index contributed by atoms with van der Waals surface area (Å²) < 4.78 is 24.3. The van der Waals surface area contributed by atoms with Crippen molar-refractivity contribution >= 4 is 11.8 Å². The van der Waals surface area contributed by atoms with E-state index in [-0.39, 0.29) is 11.9 Å². The molecule has 2 aromatic rings. The molecule has 2 heterocycles. The minimum atomic E-state index is -0.229. The lowest BCUT2D eigenvalue weighted by Crippen LogP contribution is -2.39. The van der Waals surface area contributed by atoms with E-state index in [0.29, 0.717) is 35.4 Å². The smallest absolute Gasteiger partial charge is 0.229 e. The zero-order chi connectivity index (χ0) is 14.5. The Hall–Kier alpha value is -1.44. The lowest BCUT2D eigenvalue weighted by molar-refractivity contribution is 0.0246. The fourth-order valence-electron chi connectivity index (χ4n) is 2.08. The van der Waals surface area contributed by atoms with Gasteiger partial charge in [0.1, 0.15) is 5.82 Å². The van der Waals surface area contributed by atoms with Gasteiger partial charge in [-0.1, -0.05) is 17.3 Å². The number of halogens is 1. The molecule has 1 unspecified atom stereocenters. The van der Waals surface area contributed by atoms with Gasteiger partial charge >= 0.3 is 0 Å². The van der Waals surface area contributed by atoms with E-state index in [1.165, 1.54) is 17.8 Å². The Kier molecular flexibility index (Phi) is 4.84. The van der Waals surface area contributed by atoms with Gasteiger partial charge in [0.25, 0.3) is 0 Å². The number of nitrogens with zero attached hydrogens (tertiary/aromatic N) is 2. The van der Waals surface area contributed by atoms with Crippen molar-refractivity contribution in [2.45, 2.75) is 23.2 Å². The maximum atomic E-state index is 13.5. The SMILES string of the molecule is Fc1ccccc1SCc1noc(CC2CNCCO2)n1. The van der Waals surface area contributed by atoms with Crippen molar-refractivity contribution in [3.8, 4) is 0 Å². The number of rotatable bonds is 5. The van der Waals surface area contributed by atoms with Crippen LogP contribution in [0.4, 0.5) is 4.39 Å². The second-order valence-corrected chi connectivity index (χ2v) is 5.74. The van der Waals surface area contributed by atoms with Gasteiger partial charge in [0.15, 0.2) is 5.82 Å². The van der Waals surface area contributed by atoms with Gasteiger partial charge in [0.05, 0.1) is 24.9 Å². The van der Waals surface area contributed by atoms with E-state index in [2.05, 4.69) is 15.5 Å². The van der Waals surface area contributed by atoms with Crippen molar-refractivity contribution in [1.82, 2.24) is 15.5 Å². The van der Waals surface area contributed by atoms with Crippen LogP contribution in [0.15, 0.2) is 33.7 Å². The van der Waals surface area contributed by atoms with E-state index < -0.39 is 0 Å². The number of morpholine rings is 1. The van der Waals surface area contributed by atoms with Gasteiger partial charge in [0.2, 0.25) is 5.89 Å². The number of nitrogens with one attached hydrogen (secondary N) is 1. The van der Waals surface area contributed by atoms with Gasteiger partial charge < -0.3 is 14.6 Å². The topological polar surface area (TPSA) is 60.2 Å². The molecular formula is C14H16FN3O2S. The standard InChI is InChI=1S/C14H16FN3O2S/c15-11-3-1-2-4-12(11)21-9-13-17-14(20-18-13)7-10-8-16-5-6-19-10/h1-4,10,16H,5-9H2. The van der Waals surface area contributed by atoms with Crippen LogP contribution in [-0.2, 0) is 16.9 Å². The van der Waals surface area contributed by atoms with Crippen LogP contribution in [-0.4, -0.2) is 35.9 Å². The molecule has 1 atom stereocenters. The average Bonchev–Trinajstić information content (AvgIpc) is 2.95. The average molecular weight is 309 g/mol. The van der Waals surface area contributed by atoms with E-state index in [0.717, 1.165) is 13.1 Å². The van der Waals surface area contributed by atoms with Gasteiger partial charge in [-0.3, -0.25) is 0 Å². The third kappa shape index (κ3) is 4.03. The predicted octanol–water partition coefficient (Wildman–Crippen LogP) is 2.03. The number of thioether (sulfide) groups is 1. The molecule has 0 spiro atoms. The van der Waals surface area contributed by atoms with Crippen LogP contribution in [0.3, 0.4) is 0 Å². The Labute approximate surface area is 126 Å². The number of benzene rings is 1. The molecule has 3 rings (SSSR count). The summed E-state index contributed by atoms with van der Waals surface area (Å²) in [6, 6.07) is 6.66. The highest BCUT2D eigenvalue weighted by Crippen LogP contribution is 2.24.